The topological polar surface area (TPSA) is 82.3 Å². The molecule has 4 rings (SSSR count). The monoisotopic (exact) mass is 415 g/mol. The highest BCUT2D eigenvalue weighted by atomic mass is 16.5. The molecule has 0 spiro atoms. The molecular weight excluding hydrogens is 390 g/mol. The van der Waals surface area contributed by atoms with Crippen molar-refractivity contribution in [1.29, 1.82) is 5.26 Å². The van der Waals surface area contributed by atoms with E-state index in [4.69, 9.17) is 9.72 Å². The van der Waals surface area contributed by atoms with Crippen molar-refractivity contribution in [1.82, 2.24) is 9.97 Å². The van der Waals surface area contributed by atoms with Crippen LogP contribution in [-0.4, -0.2) is 48.2 Å². The van der Waals surface area contributed by atoms with Crippen LogP contribution in [0.1, 0.15) is 25.5 Å². The molecule has 0 bridgehead atoms. The second-order valence-corrected chi connectivity index (χ2v) is 7.78. The molecular formula is C24H25N5O2. The number of nitrogens with zero attached hydrogens (tertiary/aromatic N) is 5. The van der Waals surface area contributed by atoms with Gasteiger partial charge in [-0.3, -0.25) is 4.79 Å². The van der Waals surface area contributed by atoms with Gasteiger partial charge in [0.15, 0.2) is 11.7 Å². The first kappa shape index (κ1) is 20.6. The summed E-state index contributed by atoms with van der Waals surface area (Å²) in [4.78, 5) is 26.6. The fraction of sp³-hybridized carbons (Fsp3) is 0.333. The average molecular weight is 415 g/mol. The van der Waals surface area contributed by atoms with Crippen molar-refractivity contribution in [3.63, 3.8) is 0 Å². The normalized spacial score (nSPS) is 15.0. The summed E-state index contributed by atoms with van der Waals surface area (Å²) in [6, 6.07) is 19.9. The van der Waals surface area contributed by atoms with Gasteiger partial charge in [0.25, 0.3) is 0 Å². The molecule has 0 unspecified atom stereocenters. The zero-order chi connectivity index (χ0) is 21.8. The standard InChI is InChI=1S/C24H25N5O2/c1-17(2)31-24(30)19(16-25)22-23(27-21-11-7-6-10-20(21)26-22)29-14-12-28(13-15-29)18-8-4-3-5-9-18/h3-11,17,19H,12-15H2,1-2H3/t19-/m0/s1. The van der Waals surface area contributed by atoms with E-state index in [-0.39, 0.29) is 6.10 Å². The third kappa shape index (κ3) is 4.43. The van der Waals surface area contributed by atoms with Crippen molar-refractivity contribution in [3.05, 3.63) is 60.3 Å². The van der Waals surface area contributed by atoms with Crippen LogP contribution in [0.15, 0.2) is 54.6 Å². The van der Waals surface area contributed by atoms with E-state index in [9.17, 15) is 10.1 Å². The van der Waals surface area contributed by atoms with Crippen molar-refractivity contribution >= 4 is 28.5 Å². The number of esters is 1. The van der Waals surface area contributed by atoms with Crippen LogP contribution < -0.4 is 9.80 Å². The molecule has 158 valence electrons. The van der Waals surface area contributed by atoms with Gasteiger partial charge in [0.1, 0.15) is 5.69 Å². The lowest BCUT2D eigenvalue weighted by atomic mass is 10.1. The van der Waals surface area contributed by atoms with Gasteiger partial charge in [0.2, 0.25) is 0 Å². The molecule has 0 amide bonds. The third-order valence-corrected chi connectivity index (χ3v) is 5.27. The maximum atomic E-state index is 12.7. The number of rotatable bonds is 5. The van der Waals surface area contributed by atoms with Crippen LogP contribution >= 0.6 is 0 Å². The first-order valence-corrected chi connectivity index (χ1v) is 10.5. The molecule has 1 atom stereocenters. The SMILES string of the molecule is CC(C)OC(=O)[C@@H](C#N)c1nc2ccccc2nc1N1CCN(c2ccccc2)CC1. The maximum absolute atomic E-state index is 12.7. The molecule has 7 nitrogen and oxygen atoms in total. The Kier molecular flexibility index (Phi) is 5.99. The summed E-state index contributed by atoms with van der Waals surface area (Å²) in [6.07, 6.45) is -0.311. The fourth-order valence-corrected chi connectivity index (χ4v) is 3.77. The average Bonchev–Trinajstić information content (AvgIpc) is 2.79. The number of hydrogen-bond donors (Lipinski definition) is 0. The van der Waals surface area contributed by atoms with E-state index in [0.29, 0.717) is 30.1 Å². The molecule has 0 N–H and O–H groups in total. The summed E-state index contributed by atoms with van der Waals surface area (Å²) in [5, 5.41) is 9.80. The summed E-state index contributed by atoms with van der Waals surface area (Å²) in [7, 11) is 0. The minimum atomic E-state index is -1.12. The van der Waals surface area contributed by atoms with Gasteiger partial charge >= 0.3 is 5.97 Å². The van der Waals surface area contributed by atoms with Crippen LogP contribution in [0.3, 0.4) is 0 Å². The third-order valence-electron chi connectivity index (χ3n) is 5.27. The molecule has 1 aliphatic heterocycles. The summed E-state index contributed by atoms with van der Waals surface area (Å²) in [5.41, 5.74) is 2.94. The number of para-hydroxylation sites is 3. The van der Waals surface area contributed by atoms with E-state index in [0.717, 1.165) is 18.6 Å². The number of carbonyl (C=O) groups is 1. The van der Waals surface area contributed by atoms with Crippen LogP contribution in [0.5, 0.6) is 0 Å². The number of ether oxygens (including phenoxy) is 1. The molecule has 2 heterocycles. The molecule has 31 heavy (non-hydrogen) atoms. The smallest absolute Gasteiger partial charge is 0.329 e. The number of fused-ring (bicyclic) bond motifs is 1. The maximum Gasteiger partial charge on any atom is 0.329 e. The lowest BCUT2D eigenvalue weighted by molar-refractivity contribution is -0.147. The largest absolute Gasteiger partial charge is 0.462 e. The summed E-state index contributed by atoms with van der Waals surface area (Å²) in [5.74, 6) is -1.13. The Hall–Kier alpha value is -3.66. The number of hydrogen-bond acceptors (Lipinski definition) is 7. The van der Waals surface area contributed by atoms with Crippen molar-refractivity contribution < 1.29 is 9.53 Å². The predicted octanol–water partition coefficient (Wildman–Crippen LogP) is 3.52. The highest BCUT2D eigenvalue weighted by molar-refractivity contribution is 5.85. The Morgan fingerprint density at radius 2 is 1.52 bits per heavy atom. The molecule has 0 aliphatic carbocycles. The zero-order valence-corrected chi connectivity index (χ0v) is 17.7. The Balaban J connectivity index is 1.67. The number of anilines is 2. The lowest BCUT2D eigenvalue weighted by Gasteiger charge is -2.37. The molecule has 2 aromatic carbocycles. The van der Waals surface area contributed by atoms with Crippen molar-refractivity contribution in [2.75, 3.05) is 36.0 Å². The Morgan fingerprint density at radius 1 is 0.935 bits per heavy atom. The second-order valence-electron chi connectivity index (χ2n) is 7.78. The first-order valence-electron chi connectivity index (χ1n) is 10.5. The Bertz CT molecular complexity index is 1100. The fourth-order valence-electron chi connectivity index (χ4n) is 3.77. The molecule has 1 fully saturated rings. The van der Waals surface area contributed by atoms with Gasteiger partial charge in [0.05, 0.1) is 23.2 Å². The van der Waals surface area contributed by atoms with Gasteiger partial charge in [-0.1, -0.05) is 30.3 Å². The lowest BCUT2D eigenvalue weighted by Crippen LogP contribution is -2.47. The number of carbonyl (C=O) groups excluding carboxylic acids is 1. The number of nitriles is 1. The quantitative estimate of drug-likeness (QED) is 0.590. The molecule has 3 aromatic rings. The first-order chi connectivity index (χ1) is 15.1. The van der Waals surface area contributed by atoms with Crippen LogP contribution in [0.25, 0.3) is 11.0 Å². The summed E-state index contributed by atoms with van der Waals surface area (Å²) in [6.45, 7) is 6.58. The van der Waals surface area contributed by atoms with Crippen LogP contribution in [-0.2, 0) is 9.53 Å². The van der Waals surface area contributed by atoms with E-state index in [1.807, 2.05) is 42.5 Å². The van der Waals surface area contributed by atoms with E-state index in [1.54, 1.807) is 13.8 Å². The van der Waals surface area contributed by atoms with E-state index in [2.05, 4.69) is 33.0 Å². The Morgan fingerprint density at radius 3 is 2.13 bits per heavy atom. The van der Waals surface area contributed by atoms with Crippen LogP contribution in [0.4, 0.5) is 11.5 Å². The molecule has 1 aromatic heterocycles. The van der Waals surface area contributed by atoms with Gasteiger partial charge in [-0.2, -0.15) is 5.26 Å². The zero-order valence-electron chi connectivity index (χ0n) is 17.7. The van der Waals surface area contributed by atoms with E-state index in [1.165, 1.54) is 5.69 Å². The van der Waals surface area contributed by atoms with E-state index >= 15 is 0 Å². The molecule has 7 heteroatoms. The number of aromatic nitrogens is 2. The molecule has 0 saturated carbocycles. The molecule has 1 saturated heterocycles. The van der Waals surface area contributed by atoms with Gasteiger partial charge < -0.3 is 14.5 Å². The molecule has 0 radical (unpaired) electrons. The molecule has 1 aliphatic rings. The van der Waals surface area contributed by atoms with Crippen molar-refractivity contribution in [3.8, 4) is 6.07 Å². The minimum absolute atomic E-state index is 0.311. The highest BCUT2D eigenvalue weighted by Gasteiger charge is 2.31. The van der Waals surface area contributed by atoms with E-state index < -0.39 is 11.9 Å². The van der Waals surface area contributed by atoms with Crippen LogP contribution in [0.2, 0.25) is 0 Å². The number of piperazine rings is 1. The Labute approximate surface area is 181 Å². The van der Waals surface area contributed by atoms with Gasteiger partial charge in [-0.25, -0.2) is 9.97 Å². The van der Waals surface area contributed by atoms with Gasteiger partial charge in [0, 0.05) is 31.9 Å². The summed E-state index contributed by atoms with van der Waals surface area (Å²) >= 11 is 0. The highest BCUT2D eigenvalue weighted by Crippen LogP contribution is 2.29. The van der Waals surface area contributed by atoms with Gasteiger partial charge in [-0.15, -0.1) is 0 Å². The minimum Gasteiger partial charge on any atom is -0.462 e. The second kappa shape index (κ2) is 9.00. The van der Waals surface area contributed by atoms with Crippen LogP contribution in [0, 0.1) is 11.3 Å². The summed E-state index contributed by atoms with van der Waals surface area (Å²) < 4.78 is 5.33. The van der Waals surface area contributed by atoms with Gasteiger partial charge in [-0.05, 0) is 38.1 Å². The van der Waals surface area contributed by atoms with Crippen molar-refractivity contribution in [2.45, 2.75) is 25.9 Å². The number of benzene rings is 2. The van der Waals surface area contributed by atoms with Crippen molar-refractivity contribution in [2.24, 2.45) is 0 Å². The predicted molar refractivity (Wildman–Crippen MR) is 120 cm³/mol.